The summed E-state index contributed by atoms with van der Waals surface area (Å²) in [5, 5.41) is 28.4. The third kappa shape index (κ3) is 2.80. The molecule has 2 atom stereocenters. The lowest BCUT2D eigenvalue weighted by Crippen LogP contribution is -2.29. The monoisotopic (exact) mass is 240 g/mol. The van der Waals surface area contributed by atoms with Crippen molar-refractivity contribution in [2.75, 3.05) is 7.11 Å². The molecule has 0 radical (unpaired) electrons. The molecule has 0 heterocycles. The zero-order chi connectivity index (χ0) is 13.0. The van der Waals surface area contributed by atoms with Gasteiger partial charge in [-0.2, -0.15) is 0 Å². The fourth-order valence-corrected chi connectivity index (χ4v) is 1.28. The largest absolute Gasteiger partial charge is 0.507 e. The van der Waals surface area contributed by atoms with Crippen LogP contribution in [0.15, 0.2) is 18.2 Å². The fraction of sp³-hybridized carbons (Fsp3) is 0.273. The van der Waals surface area contributed by atoms with Crippen LogP contribution in [-0.2, 0) is 9.53 Å². The zero-order valence-electron chi connectivity index (χ0n) is 9.03. The topological polar surface area (TPSA) is 104 Å². The van der Waals surface area contributed by atoms with Gasteiger partial charge in [0, 0.05) is 0 Å². The summed E-state index contributed by atoms with van der Waals surface area (Å²) < 4.78 is 4.26. The van der Waals surface area contributed by atoms with E-state index in [0.717, 1.165) is 13.2 Å². The number of methoxy groups -OCH3 is 1. The maximum Gasteiger partial charge on any atom is 0.337 e. The van der Waals surface area contributed by atoms with E-state index in [4.69, 9.17) is 0 Å². The van der Waals surface area contributed by atoms with Gasteiger partial charge >= 0.3 is 5.97 Å². The average molecular weight is 240 g/mol. The van der Waals surface area contributed by atoms with Gasteiger partial charge in [-0.1, -0.05) is 6.07 Å². The van der Waals surface area contributed by atoms with Crippen molar-refractivity contribution in [3.8, 4) is 5.75 Å². The van der Waals surface area contributed by atoms with Gasteiger partial charge in [-0.25, -0.2) is 4.79 Å². The number of rotatable bonds is 4. The van der Waals surface area contributed by atoms with Crippen molar-refractivity contribution < 1.29 is 29.6 Å². The lowest BCUT2D eigenvalue weighted by atomic mass is 10.0. The summed E-state index contributed by atoms with van der Waals surface area (Å²) in [5.41, 5.74) is 0.152. The van der Waals surface area contributed by atoms with Crippen LogP contribution >= 0.6 is 0 Å². The Morgan fingerprint density at radius 1 is 1.41 bits per heavy atom. The maximum atomic E-state index is 11.0. The third-order valence-corrected chi connectivity index (χ3v) is 2.26. The summed E-state index contributed by atoms with van der Waals surface area (Å²) in [7, 11) is 1.07. The van der Waals surface area contributed by atoms with E-state index >= 15 is 0 Å². The molecule has 0 amide bonds. The minimum Gasteiger partial charge on any atom is -0.507 e. The predicted molar refractivity (Wildman–Crippen MR) is 56.5 cm³/mol. The Kier molecular flexibility index (Phi) is 4.19. The molecule has 0 aliphatic rings. The summed E-state index contributed by atoms with van der Waals surface area (Å²) in [6.45, 7) is 0. The molecule has 2 unspecified atom stereocenters. The standard InChI is InChI=1S/C11H12O6/c1-17-11(16)10(15)9(14)6-2-3-7(5-12)8(13)4-6/h2-5,9-10,13-15H,1H3. The number of aldehydes is 1. The van der Waals surface area contributed by atoms with Crippen LogP contribution < -0.4 is 0 Å². The van der Waals surface area contributed by atoms with Gasteiger partial charge in [-0.05, 0) is 17.7 Å². The number of phenolic OH excluding ortho intramolecular Hbond substituents is 1. The summed E-state index contributed by atoms with van der Waals surface area (Å²) >= 11 is 0. The molecular formula is C11H12O6. The van der Waals surface area contributed by atoms with E-state index in [0.29, 0.717) is 6.29 Å². The van der Waals surface area contributed by atoms with Crippen LogP contribution in [0.25, 0.3) is 0 Å². The van der Waals surface area contributed by atoms with Gasteiger partial charge in [0.15, 0.2) is 12.4 Å². The molecule has 17 heavy (non-hydrogen) atoms. The molecule has 1 aromatic carbocycles. The Labute approximate surface area is 97.1 Å². The van der Waals surface area contributed by atoms with E-state index in [9.17, 15) is 24.9 Å². The lowest BCUT2D eigenvalue weighted by Gasteiger charge is -2.16. The molecule has 0 aromatic heterocycles. The molecule has 0 aliphatic carbocycles. The minimum absolute atomic E-state index is 0.0495. The van der Waals surface area contributed by atoms with Crippen LogP contribution in [0.3, 0.4) is 0 Å². The molecule has 0 fully saturated rings. The number of aliphatic hydroxyl groups excluding tert-OH is 2. The second-order valence-electron chi connectivity index (χ2n) is 3.35. The molecule has 1 aromatic rings. The van der Waals surface area contributed by atoms with Crippen LogP contribution in [0.5, 0.6) is 5.75 Å². The molecule has 1 rings (SSSR count). The number of carbonyl (C=O) groups excluding carboxylic acids is 2. The first-order valence-electron chi connectivity index (χ1n) is 4.73. The van der Waals surface area contributed by atoms with Crippen molar-refractivity contribution in [2.45, 2.75) is 12.2 Å². The molecule has 3 N–H and O–H groups in total. The first-order chi connectivity index (χ1) is 8.01. The van der Waals surface area contributed by atoms with Crippen molar-refractivity contribution in [1.82, 2.24) is 0 Å². The molecule has 0 saturated heterocycles. The second kappa shape index (κ2) is 5.42. The van der Waals surface area contributed by atoms with Crippen molar-refractivity contribution in [3.63, 3.8) is 0 Å². The number of esters is 1. The van der Waals surface area contributed by atoms with Gasteiger partial charge in [0.05, 0.1) is 12.7 Å². The van der Waals surface area contributed by atoms with Gasteiger partial charge in [-0.15, -0.1) is 0 Å². The minimum atomic E-state index is -1.75. The van der Waals surface area contributed by atoms with E-state index in [1.54, 1.807) is 0 Å². The molecule has 92 valence electrons. The van der Waals surface area contributed by atoms with Gasteiger partial charge in [0.2, 0.25) is 0 Å². The molecule has 0 aliphatic heterocycles. The smallest absolute Gasteiger partial charge is 0.337 e. The van der Waals surface area contributed by atoms with Gasteiger partial charge in [0.1, 0.15) is 11.9 Å². The summed E-state index contributed by atoms with van der Waals surface area (Å²) in [5.74, 6) is -1.33. The van der Waals surface area contributed by atoms with E-state index < -0.39 is 18.2 Å². The van der Waals surface area contributed by atoms with Crippen molar-refractivity contribution >= 4 is 12.3 Å². The van der Waals surface area contributed by atoms with E-state index in [2.05, 4.69) is 4.74 Å². The maximum absolute atomic E-state index is 11.0. The van der Waals surface area contributed by atoms with Crippen molar-refractivity contribution in [1.29, 1.82) is 0 Å². The SMILES string of the molecule is COC(=O)C(O)C(O)c1ccc(C=O)c(O)c1. The Bertz CT molecular complexity index is 428. The Balaban J connectivity index is 2.96. The van der Waals surface area contributed by atoms with Crippen LogP contribution in [0.4, 0.5) is 0 Å². The number of aliphatic hydroxyl groups is 2. The highest BCUT2D eigenvalue weighted by Gasteiger charge is 2.26. The van der Waals surface area contributed by atoms with Crippen LogP contribution in [0.2, 0.25) is 0 Å². The number of aromatic hydroxyl groups is 1. The Hall–Kier alpha value is -1.92. The van der Waals surface area contributed by atoms with Crippen LogP contribution in [-0.4, -0.2) is 40.8 Å². The van der Waals surface area contributed by atoms with Gasteiger partial charge in [-0.3, -0.25) is 4.79 Å². The van der Waals surface area contributed by atoms with Crippen LogP contribution in [0, 0.1) is 0 Å². The summed E-state index contributed by atoms with van der Waals surface area (Å²) in [6, 6.07) is 3.69. The van der Waals surface area contributed by atoms with E-state index in [-0.39, 0.29) is 16.9 Å². The summed E-state index contributed by atoms with van der Waals surface area (Å²) in [6.07, 6.45) is -2.84. The van der Waals surface area contributed by atoms with Crippen molar-refractivity contribution in [2.24, 2.45) is 0 Å². The van der Waals surface area contributed by atoms with E-state index in [1.165, 1.54) is 12.1 Å². The number of phenols is 1. The molecule has 0 bridgehead atoms. The second-order valence-corrected chi connectivity index (χ2v) is 3.35. The fourth-order valence-electron chi connectivity index (χ4n) is 1.28. The first-order valence-corrected chi connectivity index (χ1v) is 4.73. The highest BCUT2D eigenvalue weighted by Crippen LogP contribution is 2.24. The summed E-state index contributed by atoms with van der Waals surface area (Å²) in [4.78, 5) is 21.4. The number of carbonyl (C=O) groups is 2. The number of hydrogen-bond acceptors (Lipinski definition) is 6. The Morgan fingerprint density at radius 2 is 2.06 bits per heavy atom. The molecule has 6 nitrogen and oxygen atoms in total. The highest BCUT2D eigenvalue weighted by atomic mass is 16.5. The molecule has 6 heteroatoms. The lowest BCUT2D eigenvalue weighted by molar-refractivity contribution is -0.156. The van der Waals surface area contributed by atoms with Crippen molar-refractivity contribution in [3.05, 3.63) is 29.3 Å². The normalized spacial score (nSPS) is 13.8. The highest BCUT2D eigenvalue weighted by molar-refractivity contribution is 5.79. The average Bonchev–Trinajstić information content (AvgIpc) is 2.35. The predicted octanol–water partition coefficient (Wildman–Crippen LogP) is -0.228. The number of hydrogen-bond donors (Lipinski definition) is 3. The number of ether oxygens (including phenoxy) is 1. The molecular weight excluding hydrogens is 228 g/mol. The van der Waals surface area contributed by atoms with Gasteiger partial charge in [0.25, 0.3) is 0 Å². The first kappa shape index (κ1) is 13.1. The third-order valence-electron chi connectivity index (χ3n) is 2.26. The van der Waals surface area contributed by atoms with Gasteiger partial charge < -0.3 is 20.1 Å². The molecule has 0 spiro atoms. The Morgan fingerprint density at radius 3 is 2.53 bits per heavy atom. The quantitative estimate of drug-likeness (QED) is 0.496. The van der Waals surface area contributed by atoms with E-state index in [1.807, 2.05) is 0 Å². The van der Waals surface area contributed by atoms with Crippen LogP contribution in [0.1, 0.15) is 22.0 Å². The number of benzene rings is 1. The molecule has 0 saturated carbocycles. The zero-order valence-corrected chi connectivity index (χ0v) is 9.03.